The normalized spacial score (nSPS) is 17.5. The number of thiophene rings is 1. The average molecular weight is 425 g/mol. The quantitative estimate of drug-likeness (QED) is 0.558. The Hall–Kier alpha value is -2.47. The van der Waals surface area contributed by atoms with Crippen molar-refractivity contribution in [3.8, 4) is 0 Å². The Bertz CT molecular complexity index is 1130. The third-order valence-corrected chi connectivity index (χ3v) is 7.36. The van der Waals surface area contributed by atoms with E-state index >= 15 is 0 Å². The highest BCUT2D eigenvalue weighted by Gasteiger charge is 2.32. The molecule has 0 aliphatic heterocycles. The topological polar surface area (TPSA) is 61.2 Å². The van der Waals surface area contributed by atoms with Crippen molar-refractivity contribution >= 4 is 27.5 Å². The monoisotopic (exact) mass is 424 g/mol. The Morgan fingerprint density at radius 2 is 2.03 bits per heavy atom. The van der Waals surface area contributed by atoms with Gasteiger partial charge in [-0.15, -0.1) is 11.3 Å². The highest BCUT2D eigenvalue weighted by molar-refractivity contribution is 7.18. The summed E-state index contributed by atoms with van der Waals surface area (Å²) in [5.41, 5.74) is 2.15. The van der Waals surface area contributed by atoms with Crippen LogP contribution in [-0.4, -0.2) is 15.5 Å². The lowest BCUT2D eigenvalue weighted by atomic mass is 9.72. The van der Waals surface area contributed by atoms with Crippen LogP contribution in [-0.2, 0) is 29.0 Å². The van der Waals surface area contributed by atoms with Crippen LogP contribution in [0.1, 0.15) is 56.2 Å². The lowest BCUT2D eigenvalue weighted by Crippen LogP contribution is -2.30. The van der Waals surface area contributed by atoms with Gasteiger partial charge in [0.05, 0.1) is 11.7 Å². The van der Waals surface area contributed by atoms with Crippen molar-refractivity contribution < 1.29 is 9.53 Å². The van der Waals surface area contributed by atoms with Gasteiger partial charge >= 0.3 is 5.97 Å². The number of esters is 1. The molecule has 1 aromatic carbocycles. The highest BCUT2D eigenvalue weighted by Crippen LogP contribution is 2.42. The minimum absolute atomic E-state index is 0.143. The first-order valence-corrected chi connectivity index (χ1v) is 11.3. The first-order valence-electron chi connectivity index (χ1n) is 10.5. The predicted molar refractivity (Wildman–Crippen MR) is 120 cm³/mol. The van der Waals surface area contributed by atoms with E-state index in [2.05, 4.69) is 25.8 Å². The van der Waals surface area contributed by atoms with E-state index in [1.54, 1.807) is 18.3 Å². The smallest absolute Gasteiger partial charge is 0.329 e. The number of benzene rings is 1. The van der Waals surface area contributed by atoms with E-state index in [1.807, 2.05) is 30.3 Å². The van der Waals surface area contributed by atoms with Crippen molar-refractivity contribution in [1.82, 2.24) is 9.55 Å². The lowest BCUT2D eigenvalue weighted by molar-refractivity contribution is -0.148. The van der Waals surface area contributed by atoms with Crippen LogP contribution in [0.3, 0.4) is 0 Å². The molecule has 6 heteroatoms. The molecule has 3 aromatic rings. The number of carbonyl (C=O) groups excluding carboxylic acids is 1. The highest BCUT2D eigenvalue weighted by atomic mass is 32.1. The summed E-state index contributed by atoms with van der Waals surface area (Å²) < 4.78 is 6.85. The van der Waals surface area contributed by atoms with E-state index in [1.165, 1.54) is 15.8 Å². The SMILES string of the molecule is CC(C(=O)OCc1ccccc1)n1cnc2sc3c(c2c1=O)CCC(C(C)(C)C)C3. The van der Waals surface area contributed by atoms with E-state index in [9.17, 15) is 9.59 Å². The van der Waals surface area contributed by atoms with E-state index in [-0.39, 0.29) is 17.6 Å². The van der Waals surface area contributed by atoms with Gasteiger partial charge in [-0.25, -0.2) is 9.78 Å². The summed E-state index contributed by atoms with van der Waals surface area (Å²) in [6.07, 6.45) is 4.45. The molecule has 0 amide bonds. The van der Waals surface area contributed by atoms with Crippen LogP contribution in [0, 0.1) is 11.3 Å². The molecule has 0 saturated carbocycles. The molecule has 2 atom stereocenters. The zero-order valence-electron chi connectivity index (χ0n) is 18.0. The molecule has 0 radical (unpaired) electrons. The number of hydrogen-bond acceptors (Lipinski definition) is 5. The number of hydrogen-bond donors (Lipinski definition) is 0. The number of ether oxygens (including phenoxy) is 1. The van der Waals surface area contributed by atoms with Crippen LogP contribution in [0.5, 0.6) is 0 Å². The van der Waals surface area contributed by atoms with Crippen molar-refractivity contribution in [2.24, 2.45) is 11.3 Å². The maximum Gasteiger partial charge on any atom is 0.329 e. The summed E-state index contributed by atoms with van der Waals surface area (Å²) in [6.45, 7) is 8.73. The van der Waals surface area contributed by atoms with Gasteiger partial charge in [-0.3, -0.25) is 9.36 Å². The number of nitrogens with zero attached hydrogens (tertiary/aromatic N) is 2. The predicted octanol–water partition coefficient (Wildman–Crippen LogP) is 4.91. The first kappa shape index (κ1) is 20.8. The second-order valence-corrected chi connectivity index (χ2v) is 10.3. The molecular weight excluding hydrogens is 396 g/mol. The fourth-order valence-electron chi connectivity index (χ4n) is 4.16. The molecule has 0 bridgehead atoms. The van der Waals surface area contributed by atoms with Gasteiger partial charge < -0.3 is 4.74 Å². The molecule has 2 unspecified atom stereocenters. The van der Waals surface area contributed by atoms with Gasteiger partial charge in [0.15, 0.2) is 0 Å². The van der Waals surface area contributed by atoms with Gasteiger partial charge in [0, 0.05) is 4.88 Å². The van der Waals surface area contributed by atoms with E-state index in [0.29, 0.717) is 11.3 Å². The van der Waals surface area contributed by atoms with E-state index in [4.69, 9.17) is 4.74 Å². The van der Waals surface area contributed by atoms with Gasteiger partial charge in [0.2, 0.25) is 0 Å². The molecule has 158 valence electrons. The third-order valence-electron chi connectivity index (χ3n) is 6.20. The van der Waals surface area contributed by atoms with Crippen molar-refractivity contribution in [3.05, 3.63) is 63.0 Å². The van der Waals surface area contributed by atoms with Crippen LogP contribution in [0.4, 0.5) is 0 Å². The van der Waals surface area contributed by atoms with E-state index < -0.39 is 12.0 Å². The minimum atomic E-state index is -0.723. The zero-order chi connectivity index (χ0) is 21.5. The molecule has 0 N–H and O–H groups in total. The number of rotatable bonds is 4. The van der Waals surface area contributed by atoms with E-state index in [0.717, 1.165) is 35.2 Å². The van der Waals surface area contributed by atoms with Crippen LogP contribution in [0.2, 0.25) is 0 Å². The Labute approximate surface area is 180 Å². The molecule has 1 aliphatic rings. The molecule has 4 rings (SSSR count). The van der Waals surface area contributed by atoms with Gasteiger partial charge in [-0.2, -0.15) is 0 Å². The number of carbonyl (C=O) groups is 1. The molecule has 2 heterocycles. The Balaban J connectivity index is 1.59. The second-order valence-electron chi connectivity index (χ2n) is 9.22. The van der Waals surface area contributed by atoms with Gasteiger partial charge in [-0.05, 0) is 48.6 Å². The minimum Gasteiger partial charge on any atom is -0.459 e. The number of fused-ring (bicyclic) bond motifs is 3. The molecule has 5 nitrogen and oxygen atoms in total. The molecule has 0 fully saturated rings. The van der Waals surface area contributed by atoms with Crippen LogP contribution in [0.15, 0.2) is 41.5 Å². The fraction of sp³-hybridized carbons (Fsp3) is 0.458. The Kier molecular flexibility index (Phi) is 5.53. The maximum atomic E-state index is 13.3. The lowest BCUT2D eigenvalue weighted by Gasteiger charge is -2.33. The standard InChI is InChI=1S/C24H28N2O3S/c1-15(23(28)29-13-16-8-6-5-7-9-16)26-14-25-21-20(22(26)27)18-11-10-17(24(2,3)4)12-19(18)30-21/h5-9,14-15,17H,10-13H2,1-4H3. The maximum absolute atomic E-state index is 13.3. The summed E-state index contributed by atoms with van der Waals surface area (Å²) >= 11 is 1.63. The average Bonchev–Trinajstić information content (AvgIpc) is 3.10. The van der Waals surface area contributed by atoms with Gasteiger partial charge in [-0.1, -0.05) is 51.1 Å². The summed E-state index contributed by atoms with van der Waals surface area (Å²) in [6, 6.07) is 8.80. The summed E-state index contributed by atoms with van der Waals surface area (Å²) in [5, 5.41) is 0.688. The molecule has 0 saturated heterocycles. The number of aromatic nitrogens is 2. The van der Waals surface area contributed by atoms with Crippen molar-refractivity contribution in [3.63, 3.8) is 0 Å². The molecule has 0 spiro atoms. The van der Waals surface area contributed by atoms with Crippen molar-refractivity contribution in [1.29, 1.82) is 0 Å². The molecule has 1 aliphatic carbocycles. The van der Waals surface area contributed by atoms with Gasteiger partial charge in [0.1, 0.15) is 17.5 Å². The third kappa shape index (κ3) is 3.93. The number of aryl methyl sites for hydroxylation is 1. The van der Waals surface area contributed by atoms with Gasteiger partial charge in [0.25, 0.3) is 5.56 Å². The second kappa shape index (κ2) is 7.99. The van der Waals surface area contributed by atoms with Crippen LogP contribution >= 0.6 is 11.3 Å². The van der Waals surface area contributed by atoms with Crippen molar-refractivity contribution in [2.45, 2.75) is 59.6 Å². The largest absolute Gasteiger partial charge is 0.459 e. The first-order chi connectivity index (χ1) is 14.3. The summed E-state index contributed by atoms with van der Waals surface area (Å²) in [5.74, 6) is 0.172. The molecular formula is C24H28N2O3S. The van der Waals surface area contributed by atoms with Crippen LogP contribution < -0.4 is 5.56 Å². The summed E-state index contributed by atoms with van der Waals surface area (Å²) in [7, 11) is 0. The Morgan fingerprint density at radius 3 is 2.73 bits per heavy atom. The zero-order valence-corrected chi connectivity index (χ0v) is 18.8. The Morgan fingerprint density at radius 1 is 1.30 bits per heavy atom. The summed E-state index contributed by atoms with van der Waals surface area (Å²) in [4.78, 5) is 32.4. The molecule has 30 heavy (non-hydrogen) atoms. The molecule has 2 aromatic heterocycles. The van der Waals surface area contributed by atoms with Crippen molar-refractivity contribution in [2.75, 3.05) is 0 Å². The fourth-order valence-corrected chi connectivity index (χ4v) is 5.41. The van der Waals surface area contributed by atoms with Crippen LogP contribution in [0.25, 0.3) is 10.2 Å².